The van der Waals surface area contributed by atoms with E-state index in [1.807, 2.05) is 0 Å². The molecule has 2 nitrogen and oxygen atoms in total. The van der Waals surface area contributed by atoms with Crippen LogP contribution >= 0.6 is 0 Å². The summed E-state index contributed by atoms with van der Waals surface area (Å²) < 4.78 is 0. The van der Waals surface area contributed by atoms with Gasteiger partial charge in [-0.15, -0.1) is 6.58 Å². The Kier molecular flexibility index (Phi) is 4.47. The number of carboxylic acids is 1. The molecule has 1 unspecified atom stereocenters. The van der Waals surface area contributed by atoms with Gasteiger partial charge in [0.15, 0.2) is 0 Å². The van der Waals surface area contributed by atoms with Gasteiger partial charge in [0.05, 0.1) is 0 Å². The maximum absolute atomic E-state index is 11.1. The molecule has 2 heteroatoms. The Bertz CT molecular complexity index is 562. The van der Waals surface area contributed by atoms with Gasteiger partial charge >= 0.3 is 5.97 Å². The van der Waals surface area contributed by atoms with E-state index in [0.717, 1.165) is 12.8 Å². The maximum Gasteiger partial charge on any atom is 0.303 e. The third-order valence-corrected chi connectivity index (χ3v) is 7.97. The van der Waals surface area contributed by atoms with Gasteiger partial charge < -0.3 is 5.11 Å². The van der Waals surface area contributed by atoms with Gasteiger partial charge in [0, 0.05) is 6.42 Å². The molecule has 0 saturated heterocycles. The second-order valence-corrected chi connectivity index (χ2v) is 9.60. The number of aliphatic carboxylic acids is 1. The molecule has 0 aromatic rings. The minimum atomic E-state index is -0.644. The van der Waals surface area contributed by atoms with Crippen LogP contribution in [0.15, 0.2) is 24.3 Å². The van der Waals surface area contributed by atoms with Crippen molar-refractivity contribution in [2.75, 3.05) is 0 Å². The summed E-state index contributed by atoms with van der Waals surface area (Å²) in [5.74, 6) is 0.698. The standard InChI is InChI=1S/C22H34O2/c1-5-20(2)13-9-17-16(15-20)7-8-18-21(3,14-10-19(23)24)11-6-12-22(17,18)4/h5,7,17-18H,1,6,8-15H2,2-4H3,(H,23,24)/t17?,18-,20-,21-,22+/m0/s1. The smallest absolute Gasteiger partial charge is 0.303 e. The van der Waals surface area contributed by atoms with E-state index in [4.69, 9.17) is 5.11 Å². The molecule has 0 heterocycles. The maximum atomic E-state index is 11.1. The zero-order chi connectivity index (χ0) is 17.6. The second kappa shape index (κ2) is 6.04. The van der Waals surface area contributed by atoms with Crippen LogP contribution in [0.4, 0.5) is 0 Å². The van der Waals surface area contributed by atoms with E-state index in [1.54, 1.807) is 5.57 Å². The molecule has 3 aliphatic carbocycles. The molecular formula is C22H34O2. The van der Waals surface area contributed by atoms with E-state index in [2.05, 4.69) is 39.5 Å². The molecule has 24 heavy (non-hydrogen) atoms. The van der Waals surface area contributed by atoms with Crippen LogP contribution < -0.4 is 0 Å². The van der Waals surface area contributed by atoms with Crippen LogP contribution in [0.1, 0.15) is 78.6 Å². The number of rotatable bonds is 4. The van der Waals surface area contributed by atoms with Crippen LogP contribution in [0.3, 0.4) is 0 Å². The summed E-state index contributed by atoms with van der Waals surface area (Å²) in [6.07, 6.45) is 14.4. The van der Waals surface area contributed by atoms with Crippen molar-refractivity contribution in [1.82, 2.24) is 0 Å². The van der Waals surface area contributed by atoms with Gasteiger partial charge in [0.2, 0.25) is 0 Å². The molecule has 0 aromatic heterocycles. The van der Waals surface area contributed by atoms with E-state index in [-0.39, 0.29) is 10.8 Å². The van der Waals surface area contributed by atoms with Gasteiger partial charge in [-0.25, -0.2) is 0 Å². The Labute approximate surface area is 147 Å². The highest BCUT2D eigenvalue weighted by atomic mass is 16.4. The average Bonchev–Trinajstić information content (AvgIpc) is 2.52. The van der Waals surface area contributed by atoms with Crippen molar-refractivity contribution < 1.29 is 9.90 Å². The van der Waals surface area contributed by atoms with Gasteiger partial charge in [-0.2, -0.15) is 0 Å². The fourth-order valence-corrected chi connectivity index (χ4v) is 6.43. The largest absolute Gasteiger partial charge is 0.481 e. The van der Waals surface area contributed by atoms with Gasteiger partial charge in [0.1, 0.15) is 0 Å². The average molecular weight is 331 g/mol. The van der Waals surface area contributed by atoms with E-state index < -0.39 is 5.97 Å². The normalized spacial score (nSPS) is 44.9. The summed E-state index contributed by atoms with van der Waals surface area (Å²) in [4.78, 5) is 11.1. The first kappa shape index (κ1) is 17.8. The Hall–Kier alpha value is -1.05. The minimum Gasteiger partial charge on any atom is -0.481 e. The summed E-state index contributed by atoms with van der Waals surface area (Å²) in [5.41, 5.74) is 2.49. The molecular weight excluding hydrogens is 296 g/mol. The second-order valence-electron chi connectivity index (χ2n) is 9.60. The highest BCUT2D eigenvalue weighted by Gasteiger charge is 2.55. The third kappa shape index (κ3) is 2.86. The Balaban J connectivity index is 1.88. The zero-order valence-corrected chi connectivity index (χ0v) is 15.7. The molecule has 0 spiro atoms. The number of fused-ring (bicyclic) bond motifs is 3. The summed E-state index contributed by atoms with van der Waals surface area (Å²) >= 11 is 0. The first-order valence-electron chi connectivity index (χ1n) is 9.77. The number of allylic oxidation sites excluding steroid dienone is 3. The first-order chi connectivity index (χ1) is 11.2. The Morgan fingerprint density at radius 2 is 2.08 bits per heavy atom. The summed E-state index contributed by atoms with van der Waals surface area (Å²) in [5, 5.41) is 9.17. The van der Waals surface area contributed by atoms with Crippen LogP contribution in [0.2, 0.25) is 0 Å². The molecule has 2 saturated carbocycles. The molecule has 0 bridgehead atoms. The molecule has 134 valence electrons. The SMILES string of the molecule is C=C[C@@]1(C)CCC2C(=CC[C@H]3[C@](C)(CCC(=O)O)CCC[C@]23C)C1. The van der Waals surface area contributed by atoms with Crippen molar-refractivity contribution in [2.24, 2.45) is 28.1 Å². The van der Waals surface area contributed by atoms with Crippen molar-refractivity contribution >= 4 is 5.97 Å². The Morgan fingerprint density at radius 3 is 2.75 bits per heavy atom. The number of hydrogen-bond donors (Lipinski definition) is 1. The number of hydrogen-bond acceptors (Lipinski definition) is 1. The molecule has 3 aliphatic rings. The predicted octanol–water partition coefficient (Wildman–Crippen LogP) is 5.99. The molecule has 1 N–H and O–H groups in total. The molecule has 0 amide bonds. The van der Waals surface area contributed by atoms with Crippen molar-refractivity contribution in [1.29, 1.82) is 0 Å². The summed E-state index contributed by atoms with van der Waals surface area (Å²) in [6, 6.07) is 0. The third-order valence-electron chi connectivity index (χ3n) is 7.97. The Morgan fingerprint density at radius 1 is 1.33 bits per heavy atom. The number of carbonyl (C=O) groups is 1. The highest BCUT2D eigenvalue weighted by Crippen LogP contribution is 2.64. The van der Waals surface area contributed by atoms with Gasteiger partial charge in [-0.05, 0) is 73.0 Å². The predicted molar refractivity (Wildman–Crippen MR) is 98.8 cm³/mol. The van der Waals surface area contributed by atoms with E-state index in [9.17, 15) is 4.79 Å². The van der Waals surface area contributed by atoms with Crippen LogP contribution in [-0.2, 0) is 4.79 Å². The van der Waals surface area contributed by atoms with Crippen molar-refractivity contribution in [2.45, 2.75) is 78.6 Å². The fourth-order valence-electron chi connectivity index (χ4n) is 6.43. The van der Waals surface area contributed by atoms with Crippen LogP contribution in [-0.4, -0.2) is 11.1 Å². The monoisotopic (exact) mass is 330 g/mol. The zero-order valence-electron chi connectivity index (χ0n) is 15.7. The lowest BCUT2D eigenvalue weighted by Gasteiger charge is -2.60. The first-order valence-corrected chi connectivity index (χ1v) is 9.77. The van der Waals surface area contributed by atoms with Gasteiger partial charge in [-0.1, -0.05) is 44.9 Å². The topological polar surface area (TPSA) is 37.3 Å². The van der Waals surface area contributed by atoms with Crippen molar-refractivity contribution in [3.63, 3.8) is 0 Å². The number of carboxylic acid groups (broad SMARTS) is 1. The highest BCUT2D eigenvalue weighted by molar-refractivity contribution is 5.66. The quantitative estimate of drug-likeness (QED) is 0.643. The summed E-state index contributed by atoms with van der Waals surface area (Å²) in [6.45, 7) is 11.3. The van der Waals surface area contributed by atoms with Crippen molar-refractivity contribution in [3.8, 4) is 0 Å². The van der Waals surface area contributed by atoms with Crippen LogP contribution in [0.25, 0.3) is 0 Å². The van der Waals surface area contributed by atoms with E-state index >= 15 is 0 Å². The lowest BCUT2D eigenvalue weighted by molar-refractivity contribution is -0.139. The van der Waals surface area contributed by atoms with Crippen LogP contribution in [0, 0.1) is 28.1 Å². The minimum absolute atomic E-state index is 0.187. The fraction of sp³-hybridized carbons (Fsp3) is 0.773. The molecule has 0 radical (unpaired) electrons. The van der Waals surface area contributed by atoms with Gasteiger partial charge in [0.25, 0.3) is 0 Å². The van der Waals surface area contributed by atoms with Crippen molar-refractivity contribution in [3.05, 3.63) is 24.3 Å². The molecule has 5 atom stereocenters. The van der Waals surface area contributed by atoms with Gasteiger partial charge in [-0.3, -0.25) is 4.79 Å². The molecule has 0 aliphatic heterocycles. The van der Waals surface area contributed by atoms with E-state index in [1.165, 1.54) is 38.5 Å². The molecule has 2 fully saturated rings. The molecule has 3 rings (SSSR count). The van der Waals surface area contributed by atoms with Crippen LogP contribution in [0.5, 0.6) is 0 Å². The summed E-state index contributed by atoms with van der Waals surface area (Å²) in [7, 11) is 0. The lowest BCUT2D eigenvalue weighted by Crippen LogP contribution is -2.51. The van der Waals surface area contributed by atoms with E-state index in [0.29, 0.717) is 23.7 Å². The lowest BCUT2D eigenvalue weighted by atomic mass is 9.45. The molecule has 0 aromatic carbocycles.